The molecule has 7 heteroatoms. The van der Waals surface area contributed by atoms with Crippen LogP contribution >= 0.6 is 0 Å². The van der Waals surface area contributed by atoms with Gasteiger partial charge in [-0.15, -0.1) is 0 Å². The van der Waals surface area contributed by atoms with E-state index in [1.807, 2.05) is 19.7 Å². The van der Waals surface area contributed by atoms with Crippen LogP contribution in [0.4, 0.5) is 11.4 Å². The molecule has 0 amide bonds. The molecule has 0 spiro atoms. The van der Waals surface area contributed by atoms with Gasteiger partial charge in [0.25, 0.3) is 0 Å². The van der Waals surface area contributed by atoms with Crippen molar-refractivity contribution >= 4 is 24.3 Å². The Balaban J connectivity index is 0.00000341. The fourth-order valence-electron chi connectivity index (χ4n) is 3.25. The maximum absolute atomic E-state index is 10.1. The van der Waals surface area contributed by atoms with Crippen molar-refractivity contribution in [3.63, 3.8) is 0 Å². The molecule has 1 aliphatic rings. The van der Waals surface area contributed by atoms with Crippen LogP contribution in [0.1, 0.15) is 47.2 Å². The van der Waals surface area contributed by atoms with Crippen molar-refractivity contribution in [3.05, 3.63) is 54.2 Å². The number of pyridine rings is 1. The zero-order valence-electron chi connectivity index (χ0n) is 19.6. The van der Waals surface area contributed by atoms with Gasteiger partial charge in [0.1, 0.15) is 5.60 Å². The summed E-state index contributed by atoms with van der Waals surface area (Å²) in [5, 5.41) is 10.1. The second kappa shape index (κ2) is 10.7. The third-order valence-corrected chi connectivity index (χ3v) is 5.97. The number of benzene rings is 1. The molecule has 1 aromatic heterocycles. The van der Waals surface area contributed by atoms with Crippen molar-refractivity contribution in [2.24, 2.45) is 0 Å². The largest absolute Gasteiger partial charge is 0.460 e. The van der Waals surface area contributed by atoms with E-state index in [-0.39, 0.29) is 36.7 Å². The number of piperazine rings is 1. The molecule has 3 rings (SSSR count). The molecule has 1 radical (unpaired) electrons. The molecule has 5 nitrogen and oxygen atoms in total. The van der Waals surface area contributed by atoms with Gasteiger partial charge >= 0.3 is 7.48 Å². The topological polar surface area (TPSA) is 48.8 Å². The summed E-state index contributed by atoms with van der Waals surface area (Å²) < 4.78 is 5.95. The van der Waals surface area contributed by atoms with Crippen LogP contribution in [0, 0.1) is 37.0 Å². The first-order valence-electron chi connectivity index (χ1n) is 10.7. The first kappa shape index (κ1) is 26.3. The van der Waals surface area contributed by atoms with Gasteiger partial charge < -0.3 is 19.6 Å². The van der Waals surface area contributed by atoms with Crippen LogP contribution in [0.25, 0.3) is 0 Å². The second-order valence-electron chi connectivity index (χ2n) is 9.27. The van der Waals surface area contributed by atoms with E-state index in [4.69, 9.17) is 4.65 Å². The van der Waals surface area contributed by atoms with Crippen LogP contribution in [0.15, 0.2) is 42.6 Å². The average molecular weight is 645 g/mol. The predicted molar refractivity (Wildman–Crippen MR) is 125 cm³/mol. The first-order valence-corrected chi connectivity index (χ1v) is 10.7. The number of hydrogen-bond donors (Lipinski definition) is 1. The Kier molecular flexibility index (Phi) is 9.11. The van der Waals surface area contributed by atoms with E-state index in [0.29, 0.717) is 5.69 Å². The SMILES string of the molecule is C[C-](C)C(C)(C)O[B]c1ccc(N2CCN(c3ccc(C(C)(C)O)nc3)CC2)cc1.[U]. The van der Waals surface area contributed by atoms with Crippen molar-refractivity contribution in [3.8, 4) is 0 Å². The number of aliphatic hydroxyl groups is 1. The van der Waals surface area contributed by atoms with Crippen LogP contribution in [0.3, 0.4) is 0 Å². The van der Waals surface area contributed by atoms with E-state index >= 15 is 0 Å². The molecule has 0 unspecified atom stereocenters. The zero-order valence-corrected chi connectivity index (χ0v) is 23.8. The monoisotopic (exact) mass is 645 g/mol. The van der Waals surface area contributed by atoms with Crippen molar-refractivity contribution in [1.29, 1.82) is 0 Å². The Labute approximate surface area is 212 Å². The van der Waals surface area contributed by atoms with Crippen LogP contribution < -0.4 is 15.3 Å². The molecular formula is C24H34BN3O2U-. The number of rotatable bonds is 7. The second-order valence-corrected chi connectivity index (χ2v) is 9.27. The summed E-state index contributed by atoms with van der Waals surface area (Å²) in [6, 6.07) is 12.5. The molecule has 1 N–H and O–H groups in total. The standard InChI is InChI=1S/C24H34BN3O2.U/c1-18(2)24(5,6)30-25-19-7-9-20(10-8-19)27-13-15-28(16-14-27)21-11-12-22(26-17-21)23(3,4)29;/h7-12,17,29H,13-16H2,1-6H3;/q-1;. The number of anilines is 2. The van der Waals surface area contributed by atoms with E-state index in [9.17, 15) is 5.11 Å². The molecule has 1 fully saturated rings. The Morgan fingerprint density at radius 2 is 1.42 bits per heavy atom. The molecule has 2 heterocycles. The van der Waals surface area contributed by atoms with Gasteiger partial charge in [0.2, 0.25) is 0 Å². The van der Waals surface area contributed by atoms with E-state index in [1.165, 1.54) is 11.6 Å². The zero-order chi connectivity index (χ0) is 21.9. The quantitative estimate of drug-likeness (QED) is 0.371. The molecule has 1 aromatic carbocycles. The van der Waals surface area contributed by atoms with Crippen LogP contribution in [0.5, 0.6) is 0 Å². The fourth-order valence-corrected chi connectivity index (χ4v) is 3.25. The van der Waals surface area contributed by atoms with E-state index < -0.39 is 5.60 Å². The Morgan fingerprint density at radius 3 is 1.87 bits per heavy atom. The molecule has 2 aromatic rings. The van der Waals surface area contributed by atoms with Gasteiger partial charge in [0.15, 0.2) is 0 Å². The summed E-state index contributed by atoms with van der Waals surface area (Å²) in [6.07, 6.45) is 1.87. The summed E-state index contributed by atoms with van der Waals surface area (Å²) in [5.41, 5.74) is 2.95. The van der Waals surface area contributed by atoms with Crippen molar-refractivity contribution in [1.82, 2.24) is 4.98 Å². The molecular weight excluding hydrogens is 611 g/mol. The van der Waals surface area contributed by atoms with Gasteiger partial charge in [0.05, 0.1) is 17.6 Å². The summed E-state index contributed by atoms with van der Waals surface area (Å²) in [7, 11) is 1.85. The predicted octanol–water partition coefficient (Wildman–Crippen LogP) is 3.29. The Morgan fingerprint density at radius 1 is 0.903 bits per heavy atom. The van der Waals surface area contributed by atoms with Gasteiger partial charge in [-0.05, 0) is 38.1 Å². The summed E-state index contributed by atoms with van der Waals surface area (Å²) in [4.78, 5) is 9.19. The van der Waals surface area contributed by atoms with Crippen molar-refractivity contribution in [2.75, 3.05) is 36.0 Å². The molecule has 1 saturated heterocycles. The minimum atomic E-state index is -0.908. The van der Waals surface area contributed by atoms with E-state index in [1.54, 1.807) is 13.8 Å². The number of aromatic nitrogens is 1. The first-order chi connectivity index (χ1) is 14.1. The maximum Gasteiger partial charge on any atom is 0.327 e. The molecule has 0 aliphatic carbocycles. The molecule has 31 heavy (non-hydrogen) atoms. The Hall–Kier alpha value is -0.993. The summed E-state index contributed by atoms with van der Waals surface area (Å²) in [5.74, 6) is 1.25. The van der Waals surface area contributed by atoms with E-state index in [2.05, 4.69) is 72.8 Å². The minimum absolute atomic E-state index is 0. The van der Waals surface area contributed by atoms with Crippen LogP contribution in [0.2, 0.25) is 0 Å². The number of hydrogen-bond acceptors (Lipinski definition) is 5. The number of nitrogens with zero attached hydrogens (tertiary/aromatic N) is 3. The van der Waals surface area contributed by atoms with Gasteiger partial charge in [-0.3, -0.25) is 10.9 Å². The summed E-state index contributed by atoms with van der Waals surface area (Å²) in [6.45, 7) is 15.7. The normalized spacial score (nSPS) is 15.1. The third-order valence-electron chi connectivity index (χ3n) is 5.97. The van der Waals surface area contributed by atoms with Gasteiger partial charge in [-0.2, -0.15) is 13.8 Å². The van der Waals surface area contributed by atoms with Crippen LogP contribution in [-0.2, 0) is 10.3 Å². The molecule has 0 atom stereocenters. The Bertz CT molecular complexity index is 812. The fraction of sp³-hybridized carbons (Fsp3) is 0.500. The maximum atomic E-state index is 10.1. The molecule has 0 saturated carbocycles. The molecule has 165 valence electrons. The van der Waals surface area contributed by atoms with Gasteiger partial charge in [-0.1, -0.05) is 37.0 Å². The van der Waals surface area contributed by atoms with Gasteiger partial charge in [0, 0.05) is 63.0 Å². The smallest absolute Gasteiger partial charge is 0.327 e. The third kappa shape index (κ3) is 6.99. The average Bonchev–Trinajstić information content (AvgIpc) is 2.72. The molecule has 1 aliphatic heterocycles. The van der Waals surface area contributed by atoms with Crippen molar-refractivity contribution < 1.29 is 40.9 Å². The van der Waals surface area contributed by atoms with Crippen molar-refractivity contribution in [2.45, 2.75) is 52.7 Å². The molecule has 0 bridgehead atoms. The van der Waals surface area contributed by atoms with E-state index in [0.717, 1.165) is 37.3 Å². The summed E-state index contributed by atoms with van der Waals surface area (Å²) >= 11 is 0. The van der Waals surface area contributed by atoms with Gasteiger partial charge in [-0.25, -0.2) is 0 Å². The minimum Gasteiger partial charge on any atom is -0.460 e. The van der Waals surface area contributed by atoms with Crippen LogP contribution in [-0.4, -0.2) is 49.4 Å².